The van der Waals surface area contributed by atoms with Crippen molar-refractivity contribution in [1.29, 1.82) is 5.26 Å². The molecule has 0 saturated heterocycles. The first kappa shape index (κ1) is 14.9. The summed E-state index contributed by atoms with van der Waals surface area (Å²) >= 11 is 2.03. The number of nitrogens with zero attached hydrogens (tertiary/aromatic N) is 2. The Morgan fingerprint density at radius 2 is 2.00 bits per heavy atom. The van der Waals surface area contributed by atoms with Crippen LogP contribution in [0, 0.1) is 23.2 Å². The second-order valence-corrected chi connectivity index (χ2v) is 6.44. The molecule has 17 heavy (non-hydrogen) atoms. The minimum absolute atomic E-state index is 0.299. The van der Waals surface area contributed by atoms with Crippen LogP contribution in [0.5, 0.6) is 0 Å². The standard InChI is InChI=1S/C14H26N2S/c1-4-16(5-2)8-9-17-14-10-12(3)6-7-13(14)11-15/h12-14H,4-10H2,1-3H3. The molecule has 0 aliphatic heterocycles. The van der Waals surface area contributed by atoms with Crippen molar-refractivity contribution in [2.45, 2.75) is 45.3 Å². The van der Waals surface area contributed by atoms with Crippen LogP contribution in [0.3, 0.4) is 0 Å². The third kappa shape index (κ3) is 4.89. The van der Waals surface area contributed by atoms with Crippen molar-refractivity contribution in [3.8, 4) is 6.07 Å². The van der Waals surface area contributed by atoms with E-state index >= 15 is 0 Å². The van der Waals surface area contributed by atoms with Crippen LogP contribution >= 0.6 is 11.8 Å². The summed E-state index contributed by atoms with van der Waals surface area (Å²) < 4.78 is 0. The summed E-state index contributed by atoms with van der Waals surface area (Å²) in [4.78, 5) is 2.46. The van der Waals surface area contributed by atoms with Crippen molar-refractivity contribution in [1.82, 2.24) is 4.90 Å². The van der Waals surface area contributed by atoms with Gasteiger partial charge in [0.15, 0.2) is 0 Å². The van der Waals surface area contributed by atoms with Crippen LogP contribution in [-0.2, 0) is 0 Å². The minimum atomic E-state index is 0.299. The van der Waals surface area contributed by atoms with Crippen molar-refractivity contribution in [3.63, 3.8) is 0 Å². The van der Waals surface area contributed by atoms with Gasteiger partial charge in [0.05, 0.1) is 12.0 Å². The Bertz CT molecular complexity index is 245. The molecule has 1 saturated carbocycles. The Kier molecular flexibility index (Phi) is 6.99. The SMILES string of the molecule is CCN(CC)CCSC1CC(C)CCC1C#N. The van der Waals surface area contributed by atoms with E-state index in [9.17, 15) is 5.26 Å². The van der Waals surface area contributed by atoms with Crippen LogP contribution < -0.4 is 0 Å². The Balaban J connectivity index is 2.30. The van der Waals surface area contributed by atoms with E-state index in [4.69, 9.17) is 0 Å². The van der Waals surface area contributed by atoms with Gasteiger partial charge in [-0.3, -0.25) is 0 Å². The van der Waals surface area contributed by atoms with Gasteiger partial charge < -0.3 is 4.90 Å². The molecule has 0 spiro atoms. The van der Waals surface area contributed by atoms with Crippen molar-refractivity contribution >= 4 is 11.8 Å². The molecule has 1 aliphatic carbocycles. The van der Waals surface area contributed by atoms with Crippen molar-refractivity contribution in [3.05, 3.63) is 0 Å². The first-order valence-electron chi connectivity index (χ1n) is 6.94. The Hall–Kier alpha value is -0.200. The zero-order valence-electron chi connectivity index (χ0n) is 11.5. The summed E-state index contributed by atoms with van der Waals surface area (Å²) in [7, 11) is 0. The molecule has 0 radical (unpaired) electrons. The number of hydrogen-bond acceptors (Lipinski definition) is 3. The van der Waals surface area contributed by atoms with Gasteiger partial charge >= 0.3 is 0 Å². The lowest BCUT2D eigenvalue weighted by Gasteiger charge is -2.31. The molecule has 1 rings (SSSR count). The molecule has 0 amide bonds. The average molecular weight is 254 g/mol. The number of hydrogen-bond donors (Lipinski definition) is 0. The number of rotatable bonds is 6. The Morgan fingerprint density at radius 3 is 2.59 bits per heavy atom. The summed E-state index contributed by atoms with van der Waals surface area (Å²) in [5.41, 5.74) is 0. The minimum Gasteiger partial charge on any atom is -0.303 e. The maximum absolute atomic E-state index is 9.17. The summed E-state index contributed by atoms with van der Waals surface area (Å²) in [5.74, 6) is 2.29. The number of nitriles is 1. The lowest BCUT2D eigenvalue weighted by molar-refractivity contribution is 0.321. The first-order chi connectivity index (χ1) is 8.21. The van der Waals surface area contributed by atoms with Gasteiger partial charge in [-0.1, -0.05) is 20.8 Å². The van der Waals surface area contributed by atoms with Gasteiger partial charge in [0, 0.05) is 17.5 Å². The van der Waals surface area contributed by atoms with E-state index < -0.39 is 0 Å². The monoisotopic (exact) mass is 254 g/mol. The maximum Gasteiger partial charge on any atom is 0.0667 e. The summed E-state index contributed by atoms with van der Waals surface area (Å²) in [6, 6.07) is 2.51. The van der Waals surface area contributed by atoms with Crippen LogP contribution in [0.25, 0.3) is 0 Å². The highest BCUT2D eigenvalue weighted by Gasteiger charge is 2.28. The van der Waals surface area contributed by atoms with E-state index in [0.717, 1.165) is 25.4 Å². The predicted octanol–water partition coefficient (Wildman–Crippen LogP) is 3.39. The first-order valence-corrected chi connectivity index (χ1v) is 7.99. The van der Waals surface area contributed by atoms with Gasteiger partial charge in [0.25, 0.3) is 0 Å². The zero-order chi connectivity index (χ0) is 12.7. The molecule has 1 fully saturated rings. The fraction of sp³-hybridized carbons (Fsp3) is 0.929. The van der Waals surface area contributed by atoms with Crippen molar-refractivity contribution in [2.24, 2.45) is 11.8 Å². The van der Waals surface area contributed by atoms with Crippen LogP contribution in [0.4, 0.5) is 0 Å². The molecule has 0 N–H and O–H groups in total. The van der Waals surface area contributed by atoms with E-state index in [1.165, 1.54) is 25.1 Å². The van der Waals surface area contributed by atoms with E-state index in [2.05, 4.69) is 31.7 Å². The summed E-state index contributed by atoms with van der Waals surface area (Å²) in [6.07, 6.45) is 3.59. The molecule has 3 atom stereocenters. The Morgan fingerprint density at radius 1 is 1.29 bits per heavy atom. The van der Waals surface area contributed by atoms with Gasteiger partial charge in [0.1, 0.15) is 0 Å². The molecule has 3 heteroatoms. The predicted molar refractivity (Wildman–Crippen MR) is 76.2 cm³/mol. The van der Waals surface area contributed by atoms with Gasteiger partial charge in [-0.2, -0.15) is 17.0 Å². The fourth-order valence-electron chi connectivity index (χ4n) is 2.53. The highest BCUT2D eigenvalue weighted by molar-refractivity contribution is 7.99. The van der Waals surface area contributed by atoms with Crippen LogP contribution in [0.15, 0.2) is 0 Å². The quantitative estimate of drug-likeness (QED) is 0.727. The van der Waals surface area contributed by atoms with E-state index in [0.29, 0.717) is 11.2 Å². The molecule has 0 bridgehead atoms. The molecule has 0 aromatic rings. The molecule has 0 aromatic carbocycles. The third-order valence-corrected chi connectivity index (χ3v) is 5.22. The topological polar surface area (TPSA) is 27.0 Å². The second-order valence-electron chi connectivity index (χ2n) is 5.09. The largest absolute Gasteiger partial charge is 0.303 e. The molecule has 1 aliphatic rings. The Labute approximate surface area is 111 Å². The van der Waals surface area contributed by atoms with E-state index in [1.54, 1.807) is 0 Å². The van der Waals surface area contributed by atoms with Crippen LogP contribution in [0.1, 0.15) is 40.0 Å². The molecular formula is C14H26N2S. The molecule has 98 valence electrons. The molecule has 3 unspecified atom stereocenters. The van der Waals surface area contributed by atoms with Crippen molar-refractivity contribution < 1.29 is 0 Å². The second kappa shape index (κ2) is 8.00. The number of thioether (sulfide) groups is 1. The molecule has 2 nitrogen and oxygen atoms in total. The molecular weight excluding hydrogens is 228 g/mol. The molecule has 0 heterocycles. The third-order valence-electron chi connectivity index (χ3n) is 3.85. The van der Waals surface area contributed by atoms with Gasteiger partial charge in [-0.25, -0.2) is 0 Å². The van der Waals surface area contributed by atoms with Crippen LogP contribution in [-0.4, -0.2) is 35.5 Å². The fourth-order valence-corrected chi connectivity index (χ4v) is 4.09. The average Bonchev–Trinajstić information content (AvgIpc) is 2.35. The summed E-state index contributed by atoms with van der Waals surface area (Å²) in [5, 5.41) is 9.76. The highest BCUT2D eigenvalue weighted by atomic mass is 32.2. The van der Waals surface area contributed by atoms with E-state index in [-0.39, 0.29) is 0 Å². The zero-order valence-corrected chi connectivity index (χ0v) is 12.3. The van der Waals surface area contributed by atoms with Gasteiger partial charge in [-0.15, -0.1) is 0 Å². The highest BCUT2D eigenvalue weighted by Crippen LogP contribution is 2.36. The van der Waals surface area contributed by atoms with Gasteiger partial charge in [0.2, 0.25) is 0 Å². The maximum atomic E-state index is 9.17. The van der Waals surface area contributed by atoms with Crippen molar-refractivity contribution in [2.75, 3.05) is 25.4 Å². The smallest absolute Gasteiger partial charge is 0.0667 e. The van der Waals surface area contributed by atoms with Gasteiger partial charge in [-0.05, 0) is 38.3 Å². The molecule has 0 aromatic heterocycles. The van der Waals surface area contributed by atoms with Crippen LogP contribution in [0.2, 0.25) is 0 Å². The normalized spacial score (nSPS) is 29.2. The summed E-state index contributed by atoms with van der Waals surface area (Å²) in [6.45, 7) is 10.2. The lowest BCUT2D eigenvalue weighted by Crippen LogP contribution is -2.29. The lowest BCUT2D eigenvalue weighted by atomic mass is 9.83. The van der Waals surface area contributed by atoms with E-state index in [1.807, 2.05) is 11.8 Å².